The number of hydrogen-bond donors (Lipinski definition) is 0. The van der Waals surface area contributed by atoms with E-state index in [0.29, 0.717) is 6.42 Å². The quantitative estimate of drug-likeness (QED) is 0.362. The molecule has 5 heteroatoms. The number of carbonyl (C=O) groups is 2. The number of esters is 2. The molecule has 2 fully saturated rings. The standard InChI is InChI=1S/C7H9NO4/c1-8-4-2-3-7(8)11-5(9)6(10)12-7/h2-4H2,1H3. The van der Waals surface area contributed by atoms with Gasteiger partial charge >= 0.3 is 17.8 Å². The Morgan fingerprint density at radius 2 is 1.92 bits per heavy atom. The summed E-state index contributed by atoms with van der Waals surface area (Å²) in [7, 11) is 1.76. The number of likely N-dealkylation sites (tertiary alicyclic amines) is 1. The number of nitrogens with zero attached hydrogens (tertiary/aromatic N) is 1. The van der Waals surface area contributed by atoms with E-state index in [0.717, 1.165) is 13.0 Å². The molecule has 5 nitrogen and oxygen atoms in total. The van der Waals surface area contributed by atoms with E-state index >= 15 is 0 Å². The van der Waals surface area contributed by atoms with Crippen molar-refractivity contribution in [3.05, 3.63) is 0 Å². The van der Waals surface area contributed by atoms with Crippen molar-refractivity contribution in [3.63, 3.8) is 0 Å². The summed E-state index contributed by atoms with van der Waals surface area (Å²) in [5.74, 6) is -2.85. The maximum absolute atomic E-state index is 10.8. The fraction of sp³-hybridized carbons (Fsp3) is 0.714. The first-order valence-electron chi connectivity index (χ1n) is 3.82. The molecule has 12 heavy (non-hydrogen) atoms. The van der Waals surface area contributed by atoms with Gasteiger partial charge in [0.05, 0.1) is 0 Å². The number of carbonyl (C=O) groups excluding carboxylic acids is 2. The fourth-order valence-corrected chi connectivity index (χ4v) is 1.55. The van der Waals surface area contributed by atoms with Crippen molar-refractivity contribution < 1.29 is 19.1 Å². The summed E-state index contributed by atoms with van der Waals surface area (Å²) in [6.45, 7) is 0.778. The summed E-state index contributed by atoms with van der Waals surface area (Å²) in [6, 6.07) is 0. The second kappa shape index (κ2) is 2.20. The van der Waals surface area contributed by atoms with E-state index in [1.165, 1.54) is 0 Å². The molecule has 0 aliphatic carbocycles. The zero-order valence-electron chi connectivity index (χ0n) is 6.70. The number of hydrogen-bond acceptors (Lipinski definition) is 5. The first kappa shape index (κ1) is 7.54. The van der Waals surface area contributed by atoms with Crippen molar-refractivity contribution >= 4 is 11.9 Å². The van der Waals surface area contributed by atoms with Crippen LogP contribution in [0.25, 0.3) is 0 Å². The third-order valence-corrected chi connectivity index (χ3v) is 2.24. The summed E-state index contributed by atoms with van der Waals surface area (Å²) < 4.78 is 9.70. The molecule has 0 amide bonds. The monoisotopic (exact) mass is 171 g/mol. The van der Waals surface area contributed by atoms with Crippen molar-refractivity contribution in [1.82, 2.24) is 4.90 Å². The molecule has 0 aromatic rings. The SMILES string of the molecule is CN1CCCC12OC(=O)C(=O)O2. The lowest BCUT2D eigenvalue weighted by Crippen LogP contribution is -2.42. The Morgan fingerprint density at radius 1 is 1.33 bits per heavy atom. The highest BCUT2D eigenvalue weighted by molar-refractivity contribution is 6.31. The third kappa shape index (κ3) is 0.828. The maximum Gasteiger partial charge on any atom is 0.421 e. The van der Waals surface area contributed by atoms with E-state index in [9.17, 15) is 9.59 Å². The predicted molar refractivity (Wildman–Crippen MR) is 36.8 cm³/mol. The molecule has 66 valence electrons. The molecule has 0 bridgehead atoms. The molecule has 2 saturated heterocycles. The van der Waals surface area contributed by atoms with Gasteiger partial charge in [0.25, 0.3) is 0 Å². The van der Waals surface area contributed by atoms with Gasteiger partial charge in [-0.1, -0.05) is 0 Å². The van der Waals surface area contributed by atoms with Crippen molar-refractivity contribution in [2.24, 2.45) is 0 Å². The first-order chi connectivity index (χ1) is 5.64. The fourth-order valence-electron chi connectivity index (χ4n) is 1.55. The van der Waals surface area contributed by atoms with Crippen molar-refractivity contribution in [3.8, 4) is 0 Å². The molecule has 0 aromatic carbocycles. The molecule has 0 unspecified atom stereocenters. The van der Waals surface area contributed by atoms with Gasteiger partial charge in [0.2, 0.25) is 0 Å². The molecule has 0 radical (unpaired) electrons. The number of ether oxygens (including phenoxy) is 2. The molecule has 2 rings (SSSR count). The molecule has 0 atom stereocenters. The lowest BCUT2D eigenvalue weighted by molar-refractivity contribution is -0.228. The highest BCUT2D eigenvalue weighted by Crippen LogP contribution is 2.34. The Hall–Kier alpha value is -1.10. The van der Waals surface area contributed by atoms with Gasteiger partial charge in [0, 0.05) is 13.0 Å². The maximum atomic E-state index is 10.8. The minimum absolute atomic E-state index is 0.570. The highest BCUT2D eigenvalue weighted by Gasteiger charge is 2.53. The van der Waals surface area contributed by atoms with Crippen molar-refractivity contribution in [2.75, 3.05) is 13.6 Å². The van der Waals surface area contributed by atoms with Crippen molar-refractivity contribution in [2.45, 2.75) is 18.8 Å². The van der Waals surface area contributed by atoms with E-state index < -0.39 is 17.8 Å². The van der Waals surface area contributed by atoms with Crippen LogP contribution < -0.4 is 0 Å². The average Bonchev–Trinajstić information content (AvgIpc) is 2.45. The smallest absolute Gasteiger partial charge is 0.400 e. The van der Waals surface area contributed by atoms with E-state index in [-0.39, 0.29) is 0 Å². The molecular formula is C7H9NO4. The summed E-state index contributed by atoms with van der Waals surface area (Å²) in [5.41, 5.74) is 0. The molecule has 2 heterocycles. The normalized spacial score (nSPS) is 27.8. The predicted octanol–water partition coefficient (Wildman–Crippen LogP) is -0.534. The Balaban J connectivity index is 2.24. The van der Waals surface area contributed by atoms with Crippen LogP contribution in [-0.2, 0) is 19.1 Å². The molecule has 0 saturated carbocycles. The zero-order valence-corrected chi connectivity index (χ0v) is 6.70. The van der Waals surface area contributed by atoms with Crippen LogP contribution in [0.4, 0.5) is 0 Å². The molecule has 2 aliphatic rings. The zero-order chi connectivity index (χ0) is 8.77. The van der Waals surface area contributed by atoms with Gasteiger partial charge in [-0.2, -0.15) is 0 Å². The van der Waals surface area contributed by atoms with Crippen LogP contribution >= 0.6 is 0 Å². The van der Waals surface area contributed by atoms with E-state index in [2.05, 4.69) is 0 Å². The van der Waals surface area contributed by atoms with Gasteiger partial charge in [0.15, 0.2) is 0 Å². The van der Waals surface area contributed by atoms with Crippen LogP contribution in [0, 0.1) is 0 Å². The molecule has 0 N–H and O–H groups in total. The van der Waals surface area contributed by atoms with Gasteiger partial charge in [-0.25, -0.2) is 14.5 Å². The minimum atomic E-state index is -1.08. The van der Waals surface area contributed by atoms with Gasteiger partial charge in [-0.3, -0.25) is 0 Å². The first-order valence-corrected chi connectivity index (χ1v) is 3.82. The van der Waals surface area contributed by atoms with Crippen LogP contribution in [0.1, 0.15) is 12.8 Å². The topological polar surface area (TPSA) is 55.8 Å². The molecule has 2 aliphatic heterocycles. The minimum Gasteiger partial charge on any atom is -0.400 e. The molecule has 1 spiro atoms. The lowest BCUT2D eigenvalue weighted by atomic mass is 10.3. The second-order valence-corrected chi connectivity index (χ2v) is 3.02. The van der Waals surface area contributed by atoms with Crippen LogP contribution in [0.15, 0.2) is 0 Å². The number of rotatable bonds is 0. The third-order valence-electron chi connectivity index (χ3n) is 2.24. The van der Waals surface area contributed by atoms with Crippen LogP contribution in [0.3, 0.4) is 0 Å². The Labute approximate surface area is 69.2 Å². The van der Waals surface area contributed by atoms with E-state index in [4.69, 9.17) is 9.47 Å². The Kier molecular flexibility index (Phi) is 1.38. The van der Waals surface area contributed by atoms with Crippen LogP contribution in [-0.4, -0.2) is 36.3 Å². The van der Waals surface area contributed by atoms with Gasteiger partial charge in [-0.15, -0.1) is 0 Å². The van der Waals surface area contributed by atoms with Gasteiger partial charge < -0.3 is 9.47 Å². The summed E-state index contributed by atoms with van der Waals surface area (Å²) >= 11 is 0. The average molecular weight is 171 g/mol. The van der Waals surface area contributed by atoms with E-state index in [1.807, 2.05) is 0 Å². The van der Waals surface area contributed by atoms with Crippen LogP contribution in [0.2, 0.25) is 0 Å². The Morgan fingerprint density at radius 3 is 2.33 bits per heavy atom. The molecular weight excluding hydrogens is 162 g/mol. The Bertz CT molecular complexity index is 234. The summed E-state index contributed by atoms with van der Waals surface area (Å²) in [6.07, 6.45) is 1.44. The van der Waals surface area contributed by atoms with Crippen LogP contribution in [0.5, 0.6) is 0 Å². The van der Waals surface area contributed by atoms with Gasteiger partial charge in [-0.05, 0) is 13.5 Å². The van der Waals surface area contributed by atoms with Gasteiger partial charge in [0.1, 0.15) is 0 Å². The summed E-state index contributed by atoms with van der Waals surface area (Å²) in [5, 5.41) is 0. The second-order valence-electron chi connectivity index (χ2n) is 3.02. The van der Waals surface area contributed by atoms with Crippen molar-refractivity contribution in [1.29, 1.82) is 0 Å². The molecule has 0 aromatic heterocycles. The largest absolute Gasteiger partial charge is 0.421 e. The highest BCUT2D eigenvalue weighted by atomic mass is 16.8. The summed E-state index contributed by atoms with van der Waals surface area (Å²) in [4.78, 5) is 23.2. The lowest BCUT2D eigenvalue weighted by Gasteiger charge is -2.26. The van der Waals surface area contributed by atoms with E-state index in [1.54, 1.807) is 11.9 Å².